The normalized spacial score (nSPS) is 12.6. The molecule has 2 N–H and O–H groups in total. The quantitative estimate of drug-likeness (QED) is 0.574. The van der Waals surface area contributed by atoms with Gasteiger partial charge in [0, 0.05) is 6.04 Å². The monoisotopic (exact) mass is 143 g/mol. The van der Waals surface area contributed by atoms with E-state index in [9.17, 15) is 0 Å². The van der Waals surface area contributed by atoms with Gasteiger partial charge in [-0.15, -0.1) is 0 Å². The van der Waals surface area contributed by atoms with Crippen molar-refractivity contribution in [3.8, 4) is 0 Å². The molecule has 0 aromatic carbocycles. The fraction of sp³-hybridized carbons (Fsp3) is 0.750. The highest BCUT2D eigenvalue weighted by Gasteiger charge is 1.99. The van der Waals surface area contributed by atoms with Crippen LogP contribution in [0.3, 0.4) is 0 Å². The van der Waals surface area contributed by atoms with Crippen LogP contribution in [-0.2, 0) is 4.74 Å². The fourth-order valence-electron chi connectivity index (χ4n) is 0.741. The van der Waals surface area contributed by atoms with Crippen LogP contribution in [-0.4, -0.2) is 12.6 Å². The molecule has 1 atom stereocenters. The molecule has 1 unspecified atom stereocenters. The van der Waals surface area contributed by atoms with Crippen molar-refractivity contribution in [2.24, 2.45) is 5.73 Å². The van der Waals surface area contributed by atoms with E-state index < -0.39 is 0 Å². The van der Waals surface area contributed by atoms with Crippen molar-refractivity contribution in [2.75, 3.05) is 6.61 Å². The van der Waals surface area contributed by atoms with Crippen molar-refractivity contribution in [1.82, 2.24) is 0 Å². The Morgan fingerprint density at radius 1 is 1.70 bits per heavy atom. The Morgan fingerprint density at radius 3 is 2.90 bits per heavy atom. The molecule has 2 nitrogen and oxygen atoms in total. The lowest BCUT2D eigenvalue weighted by atomic mass is 10.1. The zero-order chi connectivity index (χ0) is 7.82. The van der Waals surface area contributed by atoms with E-state index in [4.69, 9.17) is 10.5 Å². The van der Waals surface area contributed by atoms with Gasteiger partial charge in [-0.1, -0.05) is 26.3 Å². The van der Waals surface area contributed by atoms with Crippen LogP contribution in [0, 0.1) is 0 Å². The smallest absolute Gasteiger partial charge is 0.102 e. The van der Waals surface area contributed by atoms with Gasteiger partial charge in [0.2, 0.25) is 0 Å². The lowest BCUT2D eigenvalue weighted by Crippen LogP contribution is -2.24. The maximum Gasteiger partial charge on any atom is 0.102 e. The molecule has 0 saturated heterocycles. The molecule has 0 amide bonds. The largest absolute Gasteiger partial charge is 0.500 e. The Labute approximate surface area is 63.1 Å². The molecule has 0 bridgehead atoms. The standard InChI is InChI=1S/C8H17NO/c1-3-5-6-8(9)7-10-4-2/h4,8H,2-3,5-7,9H2,1H3. The van der Waals surface area contributed by atoms with Crippen LogP contribution in [0.15, 0.2) is 12.8 Å². The molecular formula is C8H17NO. The Morgan fingerprint density at radius 2 is 2.40 bits per heavy atom. The summed E-state index contributed by atoms with van der Waals surface area (Å²) < 4.78 is 4.93. The van der Waals surface area contributed by atoms with Gasteiger partial charge < -0.3 is 10.5 Å². The van der Waals surface area contributed by atoms with E-state index in [-0.39, 0.29) is 6.04 Å². The number of ether oxygens (including phenoxy) is 1. The summed E-state index contributed by atoms with van der Waals surface area (Å²) in [5, 5.41) is 0. The molecule has 10 heavy (non-hydrogen) atoms. The van der Waals surface area contributed by atoms with Crippen LogP contribution in [0.25, 0.3) is 0 Å². The lowest BCUT2D eigenvalue weighted by Gasteiger charge is -2.08. The SMILES string of the molecule is C=COCC(N)CCCC. The zero-order valence-corrected chi connectivity index (χ0v) is 6.68. The Balaban J connectivity index is 3.07. The van der Waals surface area contributed by atoms with Crippen molar-refractivity contribution in [1.29, 1.82) is 0 Å². The van der Waals surface area contributed by atoms with Crippen LogP contribution < -0.4 is 5.73 Å². The second kappa shape index (κ2) is 6.62. The molecule has 0 saturated carbocycles. The van der Waals surface area contributed by atoms with Gasteiger partial charge in [0.25, 0.3) is 0 Å². The summed E-state index contributed by atoms with van der Waals surface area (Å²) in [6.45, 7) is 6.19. The first-order valence-corrected chi connectivity index (χ1v) is 3.79. The molecule has 0 aliphatic heterocycles. The van der Waals surface area contributed by atoms with Gasteiger partial charge in [-0.3, -0.25) is 0 Å². The van der Waals surface area contributed by atoms with Crippen molar-refractivity contribution in [3.63, 3.8) is 0 Å². The molecule has 0 radical (unpaired) electrons. The fourth-order valence-corrected chi connectivity index (χ4v) is 0.741. The predicted octanol–water partition coefficient (Wildman–Crippen LogP) is 1.66. The third-order valence-electron chi connectivity index (χ3n) is 1.36. The van der Waals surface area contributed by atoms with Gasteiger partial charge >= 0.3 is 0 Å². The third-order valence-corrected chi connectivity index (χ3v) is 1.36. The number of hydrogen-bond acceptors (Lipinski definition) is 2. The number of nitrogens with two attached hydrogens (primary N) is 1. The second-order valence-electron chi connectivity index (χ2n) is 2.40. The van der Waals surface area contributed by atoms with E-state index in [2.05, 4.69) is 13.5 Å². The maximum atomic E-state index is 5.67. The highest BCUT2D eigenvalue weighted by atomic mass is 16.5. The minimum Gasteiger partial charge on any atom is -0.500 e. The predicted molar refractivity (Wildman–Crippen MR) is 43.6 cm³/mol. The summed E-state index contributed by atoms with van der Waals surface area (Å²) >= 11 is 0. The summed E-state index contributed by atoms with van der Waals surface area (Å²) in [5.41, 5.74) is 5.67. The number of rotatable bonds is 6. The Hall–Kier alpha value is -0.500. The first kappa shape index (κ1) is 9.50. The third kappa shape index (κ3) is 5.63. The van der Waals surface area contributed by atoms with Crippen molar-refractivity contribution in [2.45, 2.75) is 32.2 Å². The summed E-state index contributed by atoms with van der Waals surface area (Å²) in [5.74, 6) is 0. The van der Waals surface area contributed by atoms with E-state index in [1.807, 2.05) is 0 Å². The average Bonchev–Trinajstić information content (AvgIpc) is 1.97. The zero-order valence-electron chi connectivity index (χ0n) is 6.68. The van der Waals surface area contributed by atoms with Crippen molar-refractivity contribution >= 4 is 0 Å². The van der Waals surface area contributed by atoms with E-state index in [1.54, 1.807) is 0 Å². The molecule has 0 spiro atoms. The summed E-state index contributed by atoms with van der Waals surface area (Å²) in [6, 6.07) is 0.179. The molecule has 2 heteroatoms. The first-order valence-electron chi connectivity index (χ1n) is 3.79. The number of hydrogen-bond donors (Lipinski definition) is 1. The highest BCUT2D eigenvalue weighted by molar-refractivity contribution is 4.61. The Bertz CT molecular complexity index is 83.3. The van der Waals surface area contributed by atoms with E-state index in [0.29, 0.717) is 6.61 Å². The molecule has 0 heterocycles. The summed E-state index contributed by atoms with van der Waals surface area (Å²) in [4.78, 5) is 0. The maximum absolute atomic E-state index is 5.67. The van der Waals surface area contributed by atoms with Crippen LogP contribution in [0.5, 0.6) is 0 Å². The molecule has 0 aliphatic rings. The Kier molecular flexibility index (Phi) is 6.29. The molecular weight excluding hydrogens is 126 g/mol. The minimum atomic E-state index is 0.179. The minimum absolute atomic E-state index is 0.179. The molecule has 0 fully saturated rings. The topological polar surface area (TPSA) is 35.2 Å². The van der Waals surface area contributed by atoms with Crippen LogP contribution in [0.4, 0.5) is 0 Å². The molecule has 60 valence electrons. The molecule has 0 aromatic rings. The summed E-state index contributed by atoms with van der Waals surface area (Å²) in [7, 11) is 0. The van der Waals surface area contributed by atoms with Gasteiger partial charge in [0.1, 0.15) is 6.61 Å². The van der Waals surface area contributed by atoms with Gasteiger partial charge in [0.15, 0.2) is 0 Å². The van der Waals surface area contributed by atoms with Crippen molar-refractivity contribution in [3.05, 3.63) is 12.8 Å². The van der Waals surface area contributed by atoms with E-state index in [0.717, 1.165) is 6.42 Å². The highest BCUT2D eigenvalue weighted by Crippen LogP contribution is 1.97. The van der Waals surface area contributed by atoms with Gasteiger partial charge in [-0.25, -0.2) is 0 Å². The van der Waals surface area contributed by atoms with Crippen LogP contribution in [0.1, 0.15) is 26.2 Å². The van der Waals surface area contributed by atoms with Gasteiger partial charge in [-0.2, -0.15) is 0 Å². The van der Waals surface area contributed by atoms with Gasteiger partial charge in [0.05, 0.1) is 6.26 Å². The van der Waals surface area contributed by atoms with E-state index in [1.165, 1.54) is 19.1 Å². The second-order valence-corrected chi connectivity index (χ2v) is 2.40. The van der Waals surface area contributed by atoms with Crippen LogP contribution in [0.2, 0.25) is 0 Å². The number of unbranched alkanes of at least 4 members (excludes halogenated alkanes) is 1. The lowest BCUT2D eigenvalue weighted by molar-refractivity contribution is 0.222. The summed E-state index contributed by atoms with van der Waals surface area (Å²) in [6.07, 6.45) is 4.86. The molecule has 0 aromatic heterocycles. The van der Waals surface area contributed by atoms with Crippen LogP contribution >= 0.6 is 0 Å². The van der Waals surface area contributed by atoms with Crippen molar-refractivity contribution < 1.29 is 4.74 Å². The average molecular weight is 143 g/mol. The molecule has 0 rings (SSSR count). The van der Waals surface area contributed by atoms with E-state index >= 15 is 0 Å². The van der Waals surface area contributed by atoms with Gasteiger partial charge in [-0.05, 0) is 6.42 Å². The molecule has 0 aliphatic carbocycles. The first-order chi connectivity index (χ1) is 4.81.